The number of amides is 1. The van der Waals surface area contributed by atoms with Crippen LogP contribution < -0.4 is 11.1 Å². The summed E-state index contributed by atoms with van der Waals surface area (Å²) in [6, 6.07) is 7.19. The molecule has 23 heavy (non-hydrogen) atoms. The molecule has 126 valence electrons. The number of benzene rings is 1. The third-order valence-corrected chi connectivity index (χ3v) is 5.01. The van der Waals surface area contributed by atoms with Crippen LogP contribution in [0.3, 0.4) is 0 Å². The first-order valence-electron chi connectivity index (χ1n) is 7.88. The van der Waals surface area contributed by atoms with E-state index in [2.05, 4.69) is 21.2 Å². The fourth-order valence-corrected chi connectivity index (χ4v) is 3.40. The Bertz CT molecular complexity index is 547. The minimum Gasteiger partial charge on any atom is -0.469 e. The molecule has 1 unspecified atom stereocenters. The van der Waals surface area contributed by atoms with Crippen LogP contribution in [0.1, 0.15) is 37.3 Å². The average molecular weight is 383 g/mol. The lowest BCUT2D eigenvalue weighted by atomic mass is 9.94. The highest BCUT2D eigenvalue weighted by Gasteiger charge is 2.33. The van der Waals surface area contributed by atoms with Gasteiger partial charge in [0.15, 0.2) is 0 Å². The first-order valence-corrected chi connectivity index (χ1v) is 8.67. The van der Waals surface area contributed by atoms with Crippen LogP contribution >= 0.6 is 15.9 Å². The maximum absolute atomic E-state index is 12.6. The molecule has 0 aliphatic heterocycles. The van der Waals surface area contributed by atoms with Crippen molar-refractivity contribution < 1.29 is 14.3 Å². The molecule has 0 spiro atoms. The number of methoxy groups -OCH3 is 1. The van der Waals surface area contributed by atoms with E-state index in [4.69, 9.17) is 10.5 Å². The van der Waals surface area contributed by atoms with Crippen molar-refractivity contribution in [2.24, 2.45) is 17.6 Å². The third kappa shape index (κ3) is 4.78. The first kappa shape index (κ1) is 17.9. The van der Waals surface area contributed by atoms with E-state index < -0.39 is 0 Å². The number of carbonyl (C=O) groups is 2. The monoisotopic (exact) mass is 382 g/mol. The second kappa shape index (κ2) is 8.45. The van der Waals surface area contributed by atoms with E-state index in [9.17, 15) is 9.59 Å². The Balaban J connectivity index is 2.12. The normalized spacial score (nSPS) is 21.7. The molecule has 1 aromatic carbocycles. The van der Waals surface area contributed by atoms with Gasteiger partial charge in [-0.05, 0) is 43.0 Å². The molecule has 1 fully saturated rings. The van der Waals surface area contributed by atoms with Crippen molar-refractivity contribution in [1.82, 2.24) is 5.32 Å². The van der Waals surface area contributed by atoms with Crippen molar-refractivity contribution >= 4 is 27.8 Å². The molecule has 1 aliphatic carbocycles. The van der Waals surface area contributed by atoms with Crippen LogP contribution in [-0.2, 0) is 14.3 Å². The van der Waals surface area contributed by atoms with Crippen molar-refractivity contribution in [3.63, 3.8) is 0 Å². The summed E-state index contributed by atoms with van der Waals surface area (Å²) in [4.78, 5) is 24.3. The van der Waals surface area contributed by atoms with Gasteiger partial charge in [0.25, 0.3) is 0 Å². The van der Waals surface area contributed by atoms with Gasteiger partial charge in [0.05, 0.1) is 19.6 Å². The van der Waals surface area contributed by atoms with Crippen molar-refractivity contribution in [2.75, 3.05) is 13.7 Å². The summed E-state index contributed by atoms with van der Waals surface area (Å²) in [5.74, 6) is -0.191. The molecule has 1 aliphatic rings. The number of hydrogen-bond donors (Lipinski definition) is 2. The molecule has 1 saturated carbocycles. The van der Waals surface area contributed by atoms with E-state index in [1.54, 1.807) is 0 Å². The van der Waals surface area contributed by atoms with Crippen molar-refractivity contribution in [2.45, 2.75) is 31.7 Å². The Morgan fingerprint density at radius 2 is 2.04 bits per heavy atom. The molecule has 1 amide bonds. The highest BCUT2D eigenvalue weighted by molar-refractivity contribution is 9.10. The molecule has 0 radical (unpaired) electrons. The Hall–Kier alpha value is -1.40. The minimum atomic E-state index is -0.387. The second-order valence-corrected chi connectivity index (χ2v) is 6.84. The summed E-state index contributed by atoms with van der Waals surface area (Å²) >= 11 is 3.39. The smallest absolute Gasteiger partial charge is 0.307 e. The SMILES string of the molecule is COC(=O)CC(NC(=O)[C@@H]1CCC[C@@H]1CN)c1ccc(Br)cc1. The van der Waals surface area contributed by atoms with Gasteiger partial charge >= 0.3 is 5.97 Å². The molecular formula is C17H23BrN2O3. The van der Waals surface area contributed by atoms with Crippen LogP contribution in [-0.4, -0.2) is 25.5 Å². The highest BCUT2D eigenvalue weighted by Crippen LogP contribution is 2.32. The number of nitrogens with two attached hydrogens (primary N) is 1. The molecule has 0 aromatic heterocycles. The van der Waals surface area contributed by atoms with E-state index in [1.165, 1.54) is 7.11 Å². The molecule has 2 rings (SSSR count). The van der Waals surface area contributed by atoms with Gasteiger partial charge in [0.1, 0.15) is 0 Å². The standard InChI is InChI=1S/C17H23BrN2O3/c1-23-16(21)9-15(11-5-7-13(18)8-6-11)20-17(22)14-4-2-3-12(14)10-19/h5-8,12,14-15H,2-4,9-10,19H2,1H3,(H,20,22)/t12-,14-,15?/m1/s1. The van der Waals surface area contributed by atoms with Crippen molar-refractivity contribution in [3.8, 4) is 0 Å². The second-order valence-electron chi connectivity index (χ2n) is 5.93. The zero-order valence-corrected chi connectivity index (χ0v) is 14.8. The largest absolute Gasteiger partial charge is 0.469 e. The lowest BCUT2D eigenvalue weighted by molar-refractivity contribution is -0.141. The van der Waals surface area contributed by atoms with E-state index in [0.717, 1.165) is 29.3 Å². The van der Waals surface area contributed by atoms with Crippen LogP contribution in [0.4, 0.5) is 0 Å². The van der Waals surface area contributed by atoms with Gasteiger partial charge < -0.3 is 15.8 Å². The molecule has 1 aromatic rings. The summed E-state index contributed by atoms with van der Waals surface area (Å²) in [5.41, 5.74) is 6.65. The lowest BCUT2D eigenvalue weighted by Gasteiger charge is -2.23. The first-order chi connectivity index (χ1) is 11.0. The number of halogens is 1. The molecule has 0 heterocycles. The van der Waals surface area contributed by atoms with Gasteiger partial charge in [-0.25, -0.2) is 0 Å². The summed E-state index contributed by atoms with van der Waals surface area (Å²) in [6.07, 6.45) is 3.00. The van der Waals surface area contributed by atoms with E-state index >= 15 is 0 Å². The highest BCUT2D eigenvalue weighted by atomic mass is 79.9. The lowest BCUT2D eigenvalue weighted by Crippen LogP contribution is -2.38. The topological polar surface area (TPSA) is 81.4 Å². The van der Waals surface area contributed by atoms with Crippen LogP contribution in [0.5, 0.6) is 0 Å². The van der Waals surface area contributed by atoms with E-state index in [0.29, 0.717) is 6.54 Å². The van der Waals surface area contributed by atoms with Crippen molar-refractivity contribution in [3.05, 3.63) is 34.3 Å². The predicted octanol–water partition coefficient (Wildman–Crippen LogP) is 2.54. The molecule has 0 bridgehead atoms. The maximum atomic E-state index is 12.6. The van der Waals surface area contributed by atoms with Gasteiger partial charge in [-0.2, -0.15) is 0 Å². The van der Waals surface area contributed by atoms with E-state index in [-0.39, 0.29) is 36.2 Å². The Kier molecular flexibility index (Phi) is 6.59. The quantitative estimate of drug-likeness (QED) is 0.740. The number of carbonyl (C=O) groups excluding carboxylic acids is 2. The summed E-state index contributed by atoms with van der Waals surface area (Å²) < 4.78 is 5.70. The zero-order chi connectivity index (χ0) is 16.8. The maximum Gasteiger partial charge on any atom is 0.307 e. The fraction of sp³-hybridized carbons (Fsp3) is 0.529. The van der Waals surface area contributed by atoms with Gasteiger partial charge in [-0.15, -0.1) is 0 Å². The third-order valence-electron chi connectivity index (χ3n) is 4.49. The molecule has 3 atom stereocenters. The minimum absolute atomic E-state index is 0.0187. The fourth-order valence-electron chi connectivity index (χ4n) is 3.14. The zero-order valence-electron chi connectivity index (χ0n) is 13.3. The van der Waals surface area contributed by atoms with Crippen molar-refractivity contribution in [1.29, 1.82) is 0 Å². The Morgan fingerprint density at radius 1 is 1.35 bits per heavy atom. The summed E-state index contributed by atoms with van der Waals surface area (Å²) in [5, 5.41) is 3.01. The Labute approximate surface area is 145 Å². The van der Waals surface area contributed by atoms with Crippen LogP contribution in [0, 0.1) is 11.8 Å². The van der Waals surface area contributed by atoms with Crippen LogP contribution in [0.2, 0.25) is 0 Å². The number of nitrogens with one attached hydrogen (secondary N) is 1. The van der Waals surface area contributed by atoms with Crippen LogP contribution in [0.25, 0.3) is 0 Å². The Morgan fingerprint density at radius 3 is 2.65 bits per heavy atom. The van der Waals surface area contributed by atoms with Gasteiger partial charge in [0.2, 0.25) is 5.91 Å². The molecule has 0 saturated heterocycles. The molecule has 6 heteroatoms. The summed E-state index contributed by atoms with van der Waals surface area (Å²) in [7, 11) is 1.35. The molecule has 5 nitrogen and oxygen atoms in total. The molecular weight excluding hydrogens is 360 g/mol. The number of ether oxygens (including phenoxy) is 1. The average Bonchev–Trinajstić information content (AvgIpc) is 3.03. The molecule has 3 N–H and O–H groups in total. The van der Waals surface area contributed by atoms with Crippen LogP contribution in [0.15, 0.2) is 28.7 Å². The number of hydrogen-bond acceptors (Lipinski definition) is 4. The van der Waals surface area contributed by atoms with Gasteiger partial charge in [-0.1, -0.05) is 34.5 Å². The van der Waals surface area contributed by atoms with Gasteiger partial charge in [0, 0.05) is 10.4 Å². The van der Waals surface area contributed by atoms with E-state index in [1.807, 2.05) is 24.3 Å². The van der Waals surface area contributed by atoms with Gasteiger partial charge in [-0.3, -0.25) is 9.59 Å². The number of rotatable bonds is 6. The predicted molar refractivity (Wildman–Crippen MR) is 91.5 cm³/mol. The summed E-state index contributed by atoms with van der Waals surface area (Å²) in [6.45, 7) is 0.526. The number of esters is 1.